The molecule has 0 fully saturated rings. The number of amides is 1. The van der Waals surface area contributed by atoms with Crippen LogP contribution in [0.1, 0.15) is 15.9 Å². The number of anilines is 1. The third-order valence-electron chi connectivity index (χ3n) is 2.69. The minimum atomic E-state index is -0.660. The zero-order valence-electron chi connectivity index (χ0n) is 10.4. The van der Waals surface area contributed by atoms with Crippen molar-refractivity contribution in [1.29, 1.82) is 0 Å². The Bertz CT molecular complexity index is 660. The van der Waals surface area contributed by atoms with Crippen LogP contribution in [0.15, 0.2) is 36.4 Å². The molecule has 0 aromatic heterocycles. The van der Waals surface area contributed by atoms with Crippen molar-refractivity contribution >= 4 is 11.6 Å². The molecule has 6 heteroatoms. The summed E-state index contributed by atoms with van der Waals surface area (Å²) in [5.41, 5.74) is 11.1. The minimum Gasteiger partial charge on any atom is -0.487 e. The number of carbonyl (C=O) groups is 1. The molecule has 2 aromatic carbocycles. The normalized spacial score (nSPS) is 10.3. The molecule has 2 aromatic rings. The second-order valence-electron chi connectivity index (χ2n) is 4.14. The highest BCUT2D eigenvalue weighted by Crippen LogP contribution is 2.23. The van der Waals surface area contributed by atoms with Gasteiger partial charge >= 0.3 is 0 Å². The average molecular weight is 278 g/mol. The van der Waals surface area contributed by atoms with Gasteiger partial charge in [-0.3, -0.25) is 4.79 Å². The first-order valence-corrected chi connectivity index (χ1v) is 5.73. The lowest BCUT2D eigenvalue weighted by atomic mass is 10.1. The van der Waals surface area contributed by atoms with Gasteiger partial charge in [-0.25, -0.2) is 8.78 Å². The summed E-state index contributed by atoms with van der Waals surface area (Å²) < 4.78 is 31.8. The van der Waals surface area contributed by atoms with Crippen molar-refractivity contribution in [3.63, 3.8) is 0 Å². The first kappa shape index (κ1) is 13.8. The number of rotatable bonds is 4. The summed E-state index contributed by atoms with van der Waals surface area (Å²) in [5.74, 6) is -1.45. The number of carbonyl (C=O) groups excluding carboxylic acids is 1. The molecule has 0 aliphatic heterocycles. The summed E-state index contributed by atoms with van der Waals surface area (Å²) in [6.07, 6.45) is 0. The van der Waals surface area contributed by atoms with E-state index in [4.69, 9.17) is 16.2 Å². The molecule has 0 saturated carbocycles. The molecule has 0 spiro atoms. The molecule has 0 aliphatic carbocycles. The van der Waals surface area contributed by atoms with E-state index in [1.54, 1.807) is 0 Å². The van der Waals surface area contributed by atoms with E-state index >= 15 is 0 Å². The number of nitrogens with two attached hydrogens (primary N) is 2. The maximum Gasteiger partial charge on any atom is 0.248 e. The van der Waals surface area contributed by atoms with Crippen molar-refractivity contribution in [2.45, 2.75) is 6.61 Å². The lowest BCUT2D eigenvalue weighted by molar-refractivity contribution is 0.1000. The first-order valence-electron chi connectivity index (χ1n) is 5.73. The van der Waals surface area contributed by atoms with Crippen LogP contribution in [0.25, 0.3) is 0 Å². The van der Waals surface area contributed by atoms with E-state index in [1.165, 1.54) is 24.3 Å². The van der Waals surface area contributed by atoms with Gasteiger partial charge in [0, 0.05) is 17.2 Å². The maximum atomic E-state index is 13.6. The fourth-order valence-corrected chi connectivity index (χ4v) is 1.64. The molecule has 0 aliphatic rings. The smallest absolute Gasteiger partial charge is 0.248 e. The summed E-state index contributed by atoms with van der Waals surface area (Å²) in [6.45, 7) is -0.150. The van der Waals surface area contributed by atoms with Gasteiger partial charge in [0.15, 0.2) is 0 Å². The van der Waals surface area contributed by atoms with Crippen LogP contribution in [0.4, 0.5) is 14.5 Å². The van der Waals surface area contributed by atoms with Gasteiger partial charge in [-0.2, -0.15) is 0 Å². The standard InChI is InChI=1S/C14H12F2N2O2/c15-10-2-4-13(12(17)6-10)20-7-9-5-8(14(18)19)1-3-11(9)16/h1-6H,7,17H2,(H2,18,19). The van der Waals surface area contributed by atoms with E-state index in [-0.39, 0.29) is 29.2 Å². The lowest BCUT2D eigenvalue weighted by Gasteiger charge is -2.10. The summed E-state index contributed by atoms with van der Waals surface area (Å²) in [6, 6.07) is 7.35. The number of halogens is 2. The third-order valence-corrected chi connectivity index (χ3v) is 2.69. The molecule has 0 radical (unpaired) electrons. The van der Waals surface area contributed by atoms with E-state index in [2.05, 4.69) is 0 Å². The van der Waals surface area contributed by atoms with Gasteiger partial charge in [0.1, 0.15) is 24.0 Å². The molecule has 1 amide bonds. The van der Waals surface area contributed by atoms with Crippen LogP contribution in [-0.4, -0.2) is 5.91 Å². The molecule has 0 heterocycles. The predicted molar refractivity (Wildman–Crippen MR) is 70.1 cm³/mol. The van der Waals surface area contributed by atoms with Crippen molar-refractivity contribution in [1.82, 2.24) is 0 Å². The Morgan fingerprint density at radius 1 is 1.15 bits per heavy atom. The van der Waals surface area contributed by atoms with E-state index in [1.807, 2.05) is 0 Å². The Morgan fingerprint density at radius 3 is 2.55 bits per heavy atom. The second-order valence-corrected chi connectivity index (χ2v) is 4.14. The lowest BCUT2D eigenvalue weighted by Crippen LogP contribution is -2.12. The van der Waals surface area contributed by atoms with Crippen LogP contribution >= 0.6 is 0 Å². The maximum absolute atomic E-state index is 13.6. The molecule has 4 nitrogen and oxygen atoms in total. The molecule has 0 saturated heterocycles. The molecular weight excluding hydrogens is 266 g/mol. The topological polar surface area (TPSA) is 78.3 Å². The second kappa shape index (κ2) is 5.56. The van der Waals surface area contributed by atoms with Gasteiger partial charge in [0.25, 0.3) is 0 Å². The quantitative estimate of drug-likeness (QED) is 0.842. The zero-order chi connectivity index (χ0) is 14.7. The highest BCUT2D eigenvalue weighted by molar-refractivity contribution is 5.92. The Balaban J connectivity index is 2.18. The van der Waals surface area contributed by atoms with Gasteiger partial charge in [0.05, 0.1) is 5.69 Å². The Hall–Kier alpha value is -2.63. The summed E-state index contributed by atoms with van der Waals surface area (Å²) in [7, 11) is 0. The van der Waals surface area contributed by atoms with Crippen molar-refractivity contribution in [2.75, 3.05) is 5.73 Å². The van der Waals surface area contributed by atoms with E-state index < -0.39 is 17.5 Å². The minimum absolute atomic E-state index is 0.108. The third kappa shape index (κ3) is 3.03. The predicted octanol–water partition coefficient (Wildman–Crippen LogP) is 2.22. The van der Waals surface area contributed by atoms with Crippen LogP contribution in [-0.2, 0) is 6.61 Å². The SMILES string of the molecule is NC(=O)c1ccc(F)c(COc2ccc(F)cc2N)c1. The number of hydrogen-bond donors (Lipinski definition) is 2. The Morgan fingerprint density at radius 2 is 1.90 bits per heavy atom. The summed E-state index contributed by atoms with van der Waals surface area (Å²) in [5, 5.41) is 0. The fourth-order valence-electron chi connectivity index (χ4n) is 1.64. The molecule has 20 heavy (non-hydrogen) atoms. The first-order chi connectivity index (χ1) is 9.47. The fraction of sp³-hybridized carbons (Fsp3) is 0.0714. The van der Waals surface area contributed by atoms with E-state index in [0.717, 1.165) is 12.1 Å². The van der Waals surface area contributed by atoms with Gasteiger partial charge in [-0.05, 0) is 30.3 Å². The Kier molecular flexibility index (Phi) is 3.84. The highest BCUT2D eigenvalue weighted by Gasteiger charge is 2.09. The van der Waals surface area contributed by atoms with Crippen molar-refractivity contribution in [3.8, 4) is 5.75 Å². The summed E-state index contributed by atoms with van der Waals surface area (Å²) in [4.78, 5) is 11.0. The number of primary amides is 1. The van der Waals surface area contributed by atoms with Crippen molar-refractivity contribution in [2.24, 2.45) is 5.73 Å². The van der Waals surface area contributed by atoms with Crippen LogP contribution < -0.4 is 16.2 Å². The number of hydrogen-bond acceptors (Lipinski definition) is 3. The number of ether oxygens (including phenoxy) is 1. The zero-order valence-corrected chi connectivity index (χ0v) is 10.4. The average Bonchev–Trinajstić information content (AvgIpc) is 2.39. The largest absolute Gasteiger partial charge is 0.487 e. The molecule has 0 bridgehead atoms. The van der Waals surface area contributed by atoms with Crippen LogP contribution in [0.3, 0.4) is 0 Å². The molecule has 2 rings (SSSR count). The van der Waals surface area contributed by atoms with Crippen LogP contribution in [0.2, 0.25) is 0 Å². The molecular formula is C14H12F2N2O2. The molecule has 0 unspecified atom stereocenters. The number of nitrogen functional groups attached to an aromatic ring is 1. The summed E-state index contributed by atoms with van der Waals surface area (Å²) >= 11 is 0. The molecule has 0 atom stereocenters. The van der Waals surface area contributed by atoms with Gasteiger partial charge in [-0.15, -0.1) is 0 Å². The monoisotopic (exact) mass is 278 g/mol. The van der Waals surface area contributed by atoms with Gasteiger partial charge in [-0.1, -0.05) is 0 Å². The number of benzene rings is 2. The Labute approximate surface area is 114 Å². The van der Waals surface area contributed by atoms with Crippen molar-refractivity contribution in [3.05, 3.63) is 59.2 Å². The highest BCUT2D eigenvalue weighted by atomic mass is 19.1. The van der Waals surface area contributed by atoms with E-state index in [0.29, 0.717) is 0 Å². The van der Waals surface area contributed by atoms with Gasteiger partial charge in [0.2, 0.25) is 5.91 Å². The van der Waals surface area contributed by atoms with Gasteiger partial charge < -0.3 is 16.2 Å². The van der Waals surface area contributed by atoms with Crippen molar-refractivity contribution < 1.29 is 18.3 Å². The van der Waals surface area contributed by atoms with Crippen LogP contribution in [0.5, 0.6) is 5.75 Å². The molecule has 104 valence electrons. The van der Waals surface area contributed by atoms with Crippen LogP contribution in [0, 0.1) is 11.6 Å². The van der Waals surface area contributed by atoms with E-state index in [9.17, 15) is 13.6 Å². The molecule has 4 N–H and O–H groups in total.